The number of esters is 1. The molecule has 0 aliphatic carbocycles. The molecule has 0 radical (unpaired) electrons. The van der Waals surface area contributed by atoms with Gasteiger partial charge in [0.2, 0.25) is 5.91 Å². The molecule has 1 aliphatic rings. The standard InChI is InChI=1S/C18H21N3O6S/c1-2-21(15-8-10-28(25,26)12-15)17(23)11-27-18(24)13-3-5-14(6-4-13)20-16(22)7-9-19/h3-6,15H,2,7-8,10-12H2,1H3,(H,20,22). The Morgan fingerprint density at radius 1 is 1.29 bits per heavy atom. The Bertz CT molecular complexity index is 889. The highest BCUT2D eigenvalue weighted by Gasteiger charge is 2.34. The summed E-state index contributed by atoms with van der Waals surface area (Å²) in [4.78, 5) is 37.2. The van der Waals surface area contributed by atoms with Crippen LogP contribution in [0.3, 0.4) is 0 Å². The largest absolute Gasteiger partial charge is 0.452 e. The van der Waals surface area contributed by atoms with Gasteiger partial charge in [0.1, 0.15) is 6.42 Å². The third-order valence-electron chi connectivity index (χ3n) is 4.28. The van der Waals surface area contributed by atoms with Gasteiger partial charge in [-0.1, -0.05) is 0 Å². The highest BCUT2D eigenvalue weighted by atomic mass is 32.2. The van der Waals surface area contributed by atoms with Crippen LogP contribution in [0.1, 0.15) is 30.1 Å². The Labute approximate surface area is 163 Å². The van der Waals surface area contributed by atoms with Gasteiger partial charge < -0.3 is 15.0 Å². The van der Waals surface area contributed by atoms with E-state index in [0.29, 0.717) is 18.7 Å². The number of amides is 2. The van der Waals surface area contributed by atoms with Crippen molar-refractivity contribution in [2.45, 2.75) is 25.8 Å². The summed E-state index contributed by atoms with van der Waals surface area (Å²) < 4.78 is 28.2. The van der Waals surface area contributed by atoms with E-state index < -0.39 is 40.3 Å². The minimum atomic E-state index is -3.12. The molecule has 2 amide bonds. The molecule has 9 nitrogen and oxygen atoms in total. The highest BCUT2D eigenvalue weighted by molar-refractivity contribution is 7.91. The average molecular weight is 407 g/mol. The third kappa shape index (κ3) is 5.79. The Kier molecular flexibility index (Phi) is 7.12. The molecular weight excluding hydrogens is 386 g/mol. The van der Waals surface area contributed by atoms with Crippen molar-refractivity contribution >= 4 is 33.3 Å². The zero-order valence-electron chi connectivity index (χ0n) is 15.4. The van der Waals surface area contributed by atoms with E-state index in [-0.39, 0.29) is 23.5 Å². The molecule has 1 atom stereocenters. The van der Waals surface area contributed by atoms with Crippen molar-refractivity contribution < 1.29 is 27.5 Å². The molecule has 0 saturated carbocycles. The molecule has 0 aromatic heterocycles. The fourth-order valence-electron chi connectivity index (χ4n) is 2.92. The average Bonchev–Trinajstić information content (AvgIpc) is 3.00. The fourth-order valence-corrected chi connectivity index (χ4v) is 4.65. The predicted octanol–water partition coefficient (Wildman–Crippen LogP) is 0.731. The summed E-state index contributed by atoms with van der Waals surface area (Å²) in [5.41, 5.74) is 0.616. The number of hydrogen-bond donors (Lipinski definition) is 1. The molecule has 2 rings (SSSR count). The number of nitriles is 1. The van der Waals surface area contributed by atoms with Crippen molar-refractivity contribution in [1.82, 2.24) is 4.90 Å². The number of likely N-dealkylation sites (N-methyl/N-ethyl adjacent to an activating group) is 1. The van der Waals surface area contributed by atoms with Crippen molar-refractivity contribution in [1.29, 1.82) is 5.26 Å². The fraction of sp³-hybridized carbons (Fsp3) is 0.444. The van der Waals surface area contributed by atoms with Gasteiger partial charge in [0.05, 0.1) is 23.1 Å². The number of nitrogens with one attached hydrogen (secondary N) is 1. The molecule has 10 heteroatoms. The molecule has 1 saturated heterocycles. The lowest BCUT2D eigenvalue weighted by molar-refractivity contribution is -0.136. The maximum absolute atomic E-state index is 12.3. The first kappa shape index (κ1) is 21.4. The smallest absolute Gasteiger partial charge is 0.338 e. The van der Waals surface area contributed by atoms with Crippen LogP contribution in [0, 0.1) is 11.3 Å². The second-order valence-corrected chi connectivity index (χ2v) is 8.50. The van der Waals surface area contributed by atoms with E-state index in [0.717, 1.165) is 0 Å². The Balaban J connectivity index is 1.89. The molecule has 0 spiro atoms. The molecule has 1 aromatic carbocycles. The van der Waals surface area contributed by atoms with E-state index in [2.05, 4.69) is 5.32 Å². The summed E-state index contributed by atoms with van der Waals surface area (Å²) in [5, 5.41) is 11.0. The maximum atomic E-state index is 12.3. The van der Waals surface area contributed by atoms with Gasteiger partial charge in [-0.15, -0.1) is 0 Å². The first-order chi connectivity index (χ1) is 13.3. The first-order valence-corrected chi connectivity index (χ1v) is 10.5. The van der Waals surface area contributed by atoms with Crippen molar-refractivity contribution in [3.8, 4) is 6.07 Å². The summed E-state index contributed by atoms with van der Waals surface area (Å²) in [6, 6.07) is 7.15. The maximum Gasteiger partial charge on any atom is 0.338 e. The quantitative estimate of drug-likeness (QED) is 0.659. The van der Waals surface area contributed by atoms with Crippen LogP contribution in [-0.2, 0) is 24.2 Å². The lowest BCUT2D eigenvalue weighted by atomic mass is 10.2. The molecule has 1 aromatic rings. The van der Waals surface area contributed by atoms with E-state index in [1.807, 2.05) is 0 Å². The van der Waals surface area contributed by atoms with Gasteiger partial charge in [-0.25, -0.2) is 13.2 Å². The van der Waals surface area contributed by atoms with Gasteiger partial charge in [0.25, 0.3) is 5.91 Å². The minimum Gasteiger partial charge on any atom is -0.452 e. The number of rotatable bonds is 7. The highest BCUT2D eigenvalue weighted by Crippen LogP contribution is 2.18. The molecule has 0 bridgehead atoms. The van der Waals surface area contributed by atoms with E-state index in [4.69, 9.17) is 10.00 Å². The van der Waals surface area contributed by atoms with Crippen LogP contribution in [0.5, 0.6) is 0 Å². The summed E-state index contributed by atoms with van der Waals surface area (Å²) in [7, 11) is -3.12. The lowest BCUT2D eigenvalue weighted by Gasteiger charge is -2.26. The van der Waals surface area contributed by atoms with Gasteiger partial charge in [-0.2, -0.15) is 5.26 Å². The second-order valence-electron chi connectivity index (χ2n) is 6.27. The number of hydrogen-bond acceptors (Lipinski definition) is 7. The minimum absolute atomic E-state index is 0.0541. The van der Waals surface area contributed by atoms with E-state index in [1.54, 1.807) is 13.0 Å². The SMILES string of the molecule is CCN(C(=O)COC(=O)c1ccc(NC(=O)CC#N)cc1)C1CCS(=O)(=O)C1. The molecule has 1 unspecified atom stereocenters. The van der Waals surface area contributed by atoms with Gasteiger partial charge in [0.15, 0.2) is 16.4 Å². The van der Waals surface area contributed by atoms with Crippen LogP contribution in [-0.4, -0.2) is 61.8 Å². The topological polar surface area (TPSA) is 134 Å². The van der Waals surface area contributed by atoms with E-state index >= 15 is 0 Å². The van der Waals surface area contributed by atoms with Crippen molar-refractivity contribution in [3.05, 3.63) is 29.8 Å². The molecule has 150 valence electrons. The third-order valence-corrected chi connectivity index (χ3v) is 6.03. The predicted molar refractivity (Wildman–Crippen MR) is 100 cm³/mol. The van der Waals surface area contributed by atoms with Crippen LogP contribution in [0.4, 0.5) is 5.69 Å². The molecule has 1 fully saturated rings. The number of nitrogens with zero attached hydrogens (tertiary/aromatic N) is 2. The summed E-state index contributed by atoms with van der Waals surface area (Å²) in [6.07, 6.45) is 0.108. The number of anilines is 1. The van der Waals surface area contributed by atoms with Gasteiger partial charge in [-0.05, 0) is 37.6 Å². The van der Waals surface area contributed by atoms with Crippen LogP contribution < -0.4 is 5.32 Å². The van der Waals surface area contributed by atoms with Crippen LogP contribution in [0.15, 0.2) is 24.3 Å². The van der Waals surface area contributed by atoms with Gasteiger partial charge in [0, 0.05) is 18.3 Å². The molecule has 1 heterocycles. The first-order valence-electron chi connectivity index (χ1n) is 8.69. The van der Waals surface area contributed by atoms with Gasteiger partial charge >= 0.3 is 5.97 Å². The Morgan fingerprint density at radius 2 is 1.96 bits per heavy atom. The monoisotopic (exact) mass is 407 g/mol. The van der Waals surface area contributed by atoms with Crippen LogP contribution in [0.2, 0.25) is 0 Å². The molecule has 1 N–H and O–H groups in total. The zero-order valence-corrected chi connectivity index (χ0v) is 16.2. The number of carbonyl (C=O) groups excluding carboxylic acids is 3. The Morgan fingerprint density at radius 3 is 2.50 bits per heavy atom. The van der Waals surface area contributed by atoms with Crippen molar-refractivity contribution in [2.75, 3.05) is 30.0 Å². The van der Waals surface area contributed by atoms with Crippen LogP contribution in [0.25, 0.3) is 0 Å². The summed E-state index contributed by atoms with van der Waals surface area (Å²) >= 11 is 0. The van der Waals surface area contributed by atoms with Crippen LogP contribution >= 0.6 is 0 Å². The summed E-state index contributed by atoms with van der Waals surface area (Å²) in [6.45, 7) is 1.58. The van der Waals surface area contributed by atoms with Gasteiger partial charge in [-0.3, -0.25) is 9.59 Å². The zero-order chi connectivity index (χ0) is 20.7. The molecular formula is C18H21N3O6S. The molecule has 1 aliphatic heterocycles. The summed E-state index contributed by atoms with van der Waals surface area (Å²) in [5.74, 6) is -1.63. The number of sulfone groups is 1. The molecule has 28 heavy (non-hydrogen) atoms. The lowest BCUT2D eigenvalue weighted by Crippen LogP contribution is -2.43. The van der Waals surface area contributed by atoms with E-state index in [1.165, 1.54) is 29.2 Å². The van der Waals surface area contributed by atoms with Crippen molar-refractivity contribution in [3.63, 3.8) is 0 Å². The Hall–Kier alpha value is -2.93. The second kappa shape index (κ2) is 9.32. The normalized spacial score (nSPS) is 17.4. The number of benzene rings is 1. The van der Waals surface area contributed by atoms with E-state index in [9.17, 15) is 22.8 Å². The number of ether oxygens (including phenoxy) is 1. The number of carbonyl (C=O) groups is 3. The van der Waals surface area contributed by atoms with Crippen molar-refractivity contribution in [2.24, 2.45) is 0 Å².